The zero-order chi connectivity index (χ0) is 30.8. The van der Waals surface area contributed by atoms with Gasteiger partial charge in [-0.3, -0.25) is 9.59 Å². The summed E-state index contributed by atoms with van der Waals surface area (Å²) in [5.41, 5.74) is 2.80. The van der Waals surface area contributed by atoms with Gasteiger partial charge in [0.25, 0.3) is 0 Å². The van der Waals surface area contributed by atoms with Crippen LogP contribution < -0.4 is 10.2 Å². The van der Waals surface area contributed by atoms with Crippen LogP contribution in [0.15, 0.2) is 72.8 Å². The predicted octanol–water partition coefficient (Wildman–Crippen LogP) is 3.17. The number of piperazine rings is 1. The minimum atomic E-state index is -0.898. The van der Waals surface area contributed by atoms with E-state index in [2.05, 4.69) is 5.32 Å². The Labute approximate surface area is 250 Å². The van der Waals surface area contributed by atoms with E-state index in [4.69, 9.17) is 0 Å². The molecular formula is C32H37FN6O4. The summed E-state index contributed by atoms with van der Waals surface area (Å²) in [7, 11) is 5.18. The average molecular weight is 589 g/mol. The summed E-state index contributed by atoms with van der Waals surface area (Å²) < 4.78 is 14.5. The Hall–Kier alpha value is -4.64. The number of halogens is 1. The highest BCUT2D eigenvalue weighted by Gasteiger charge is 2.54. The van der Waals surface area contributed by atoms with Gasteiger partial charge in [-0.15, -0.1) is 0 Å². The Balaban J connectivity index is 1.51. The number of anilines is 1. The van der Waals surface area contributed by atoms with Gasteiger partial charge < -0.3 is 25.1 Å². The first kappa shape index (κ1) is 29.8. The summed E-state index contributed by atoms with van der Waals surface area (Å²) in [6.45, 7) is 2.20. The van der Waals surface area contributed by atoms with E-state index in [-0.39, 0.29) is 42.9 Å². The predicted molar refractivity (Wildman–Crippen MR) is 160 cm³/mol. The number of hydrazine groups is 1. The van der Waals surface area contributed by atoms with E-state index in [0.717, 1.165) is 16.7 Å². The lowest BCUT2D eigenvalue weighted by Gasteiger charge is -2.57. The van der Waals surface area contributed by atoms with Gasteiger partial charge in [0.15, 0.2) is 0 Å². The van der Waals surface area contributed by atoms with Gasteiger partial charge in [0.1, 0.15) is 23.8 Å². The molecule has 3 atom stereocenters. The van der Waals surface area contributed by atoms with Crippen molar-refractivity contribution in [2.45, 2.75) is 44.7 Å². The number of rotatable bonds is 7. The van der Waals surface area contributed by atoms with Crippen molar-refractivity contribution in [2.24, 2.45) is 0 Å². The standard InChI is InChI=1S/C32H37FN6O4/c1-21-30-38(29(41)20-36(4)39(30)32(43)34-18-23-8-6-5-7-9-23)28(16-22-10-13-25(40)14-11-22)31(42)37(21)19-24-12-15-26(33)27(17-24)35(2)3/h5-15,17,21,28,30,40H,16,18-20H2,1-4H3,(H,34,43)/t21-,28+,30+/m1/s1. The SMILES string of the molecule is C[C@@H]1[C@H]2N(C(=O)CN(C)N2C(=O)NCc2ccccc2)[C@@H](Cc2ccc(O)cc2)C(=O)N1Cc1ccc(F)c(N(C)C)c1. The molecule has 0 bridgehead atoms. The van der Waals surface area contributed by atoms with Crippen molar-refractivity contribution in [1.82, 2.24) is 25.1 Å². The molecule has 0 aromatic heterocycles. The minimum Gasteiger partial charge on any atom is -0.508 e. The minimum absolute atomic E-state index is 0.0779. The number of phenols is 1. The lowest BCUT2D eigenvalue weighted by Crippen LogP contribution is -2.78. The molecule has 2 saturated heterocycles. The maximum absolute atomic E-state index is 14.5. The van der Waals surface area contributed by atoms with Crippen molar-refractivity contribution in [3.63, 3.8) is 0 Å². The second kappa shape index (κ2) is 12.3. The second-order valence-corrected chi connectivity index (χ2v) is 11.3. The third-order valence-corrected chi connectivity index (χ3v) is 8.09. The zero-order valence-corrected chi connectivity index (χ0v) is 24.8. The number of hydrogen-bond donors (Lipinski definition) is 2. The largest absolute Gasteiger partial charge is 0.508 e. The molecule has 2 N–H and O–H groups in total. The van der Waals surface area contributed by atoms with Crippen LogP contribution >= 0.6 is 0 Å². The lowest BCUT2D eigenvalue weighted by molar-refractivity contribution is -0.196. The quantitative estimate of drug-likeness (QED) is 0.440. The fourth-order valence-electron chi connectivity index (χ4n) is 5.88. The number of nitrogens with zero attached hydrogens (tertiary/aromatic N) is 5. The maximum Gasteiger partial charge on any atom is 0.334 e. The Morgan fingerprint density at radius 1 is 1.00 bits per heavy atom. The number of urea groups is 1. The van der Waals surface area contributed by atoms with Crippen molar-refractivity contribution >= 4 is 23.5 Å². The van der Waals surface area contributed by atoms with Crippen LogP contribution in [0.25, 0.3) is 0 Å². The van der Waals surface area contributed by atoms with Crippen LogP contribution in [0.2, 0.25) is 0 Å². The van der Waals surface area contributed by atoms with Gasteiger partial charge in [0.2, 0.25) is 11.8 Å². The third kappa shape index (κ3) is 6.12. The molecule has 0 unspecified atom stereocenters. The van der Waals surface area contributed by atoms with Crippen LogP contribution in [0.5, 0.6) is 5.75 Å². The molecule has 0 spiro atoms. The smallest absolute Gasteiger partial charge is 0.334 e. The third-order valence-electron chi connectivity index (χ3n) is 8.09. The van der Waals surface area contributed by atoms with Gasteiger partial charge in [-0.25, -0.2) is 19.2 Å². The Morgan fingerprint density at radius 2 is 1.67 bits per heavy atom. The van der Waals surface area contributed by atoms with E-state index in [9.17, 15) is 23.9 Å². The zero-order valence-electron chi connectivity index (χ0n) is 24.8. The van der Waals surface area contributed by atoms with Crippen LogP contribution in [0.3, 0.4) is 0 Å². The van der Waals surface area contributed by atoms with E-state index in [1.807, 2.05) is 37.3 Å². The maximum atomic E-state index is 14.5. The van der Waals surface area contributed by atoms with Crippen LogP contribution in [0.1, 0.15) is 23.6 Å². The van der Waals surface area contributed by atoms with Gasteiger partial charge in [-0.1, -0.05) is 48.5 Å². The number of carbonyl (C=O) groups is 3. The molecule has 2 fully saturated rings. The number of hydrogen-bond acceptors (Lipinski definition) is 6. The van der Waals surface area contributed by atoms with E-state index < -0.39 is 24.3 Å². The fraction of sp³-hybridized carbons (Fsp3) is 0.344. The lowest BCUT2D eigenvalue weighted by atomic mass is 9.94. The van der Waals surface area contributed by atoms with Gasteiger partial charge in [-0.05, 0) is 47.9 Å². The van der Waals surface area contributed by atoms with E-state index in [1.165, 1.54) is 28.1 Å². The molecule has 5 rings (SSSR count). The number of aromatic hydroxyl groups is 1. The topological polar surface area (TPSA) is 99.7 Å². The molecule has 0 radical (unpaired) electrons. The molecule has 2 aliphatic rings. The van der Waals surface area contributed by atoms with Gasteiger partial charge in [0, 0.05) is 40.7 Å². The Kier molecular flexibility index (Phi) is 8.54. The first-order valence-corrected chi connectivity index (χ1v) is 14.2. The molecular weight excluding hydrogens is 551 g/mol. The molecule has 10 nitrogen and oxygen atoms in total. The highest BCUT2D eigenvalue weighted by molar-refractivity contribution is 5.92. The van der Waals surface area contributed by atoms with E-state index in [1.54, 1.807) is 60.2 Å². The van der Waals surface area contributed by atoms with Gasteiger partial charge in [0.05, 0.1) is 18.3 Å². The molecule has 2 aliphatic heterocycles. The first-order valence-electron chi connectivity index (χ1n) is 14.2. The van der Waals surface area contributed by atoms with Crippen LogP contribution in [0, 0.1) is 5.82 Å². The van der Waals surface area contributed by atoms with Crippen molar-refractivity contribution in [3.8, 4) is 5.75 Å². The summed E-state index contributed by atoms with van der Waals surface area (Å²) in [6.07, 6.45) is -0.601. The van der Waals surface area contributed by atoms with Crippen LogP contribution in [-0.4, -0.2) is 88.7 Å². The number of likely N-dealkylation sites (N-methyl/N-ethyl adjacent to an activating group) is 1. The number of phenolic OH excluding ortho intramolecular Hbond substituents is 1. The molecule has 4 amide bonds. The summed E-state index contributed by atoms with van der Waals surface area (Å²) in [5, 5.41) is 15.9. The van der Waals surface area contributed by atoms with Gasteiger partial charge >= 0.3 is 6.03 Å². The summed E-state index contributed by atoms with van der Waals surface area (Å²) >= 11 is 0. The second-order valence-electron chi connectivity index (χ2n) is 11.3. The molecule has 0 saturated carbocycles. The van der Waals surface area contributed by atoms with Crippen molar-refractivity contribution in [1.29, 1.82) is 0 Å². The first-order chi connectivity index (χ1) is 20.5. The molecule has 2 heterocycles. The normalized spacial score (nSPS) is 20.7. The number of nitrogens with one attached hydrogen (secondary N) is 1. The Morgan fingerprint density at radius 3 is 2.35 bits per heavy atom. The molecule has 0 aliphatic carbocycles. The van der Waals surface area contributed by atoms with E-state index >= 15 is 0 Å². The summed E-state index contributed by atoms with van der Waals surface area (Å²) in [6, 6.07) is 18.9. The molecule has 11 heteroatoms. The number of fused-ring (bicyclic) bond motifs is 1. The monoisotopic (exact) mass is 588 g/mol. The van der Waals surface area contributed by atoms with Gasteiger partial charge in [-0.2, -0.15) is 0 Å². The van der Waals surface area contributed by atoms with Crippen molar-refractivity contribution in [2.75, 3.05) is 32.6 Å². The van der Waals surface area contributed by atoms with Crippen LogP contribution in [0.4, 0.5) is 14.9 Å². The molecule has 3 aromatic carbocycles. The molecule has 43 heavy (non-hydrogen) atoms. The molecule has 226 valence electrons. The Bertz CT molecular complexity index is 1480. The highest BCUT2D eigenvalue weighted by atomic mass is 19.1. The van der Waals surface area contributed by atoms with Crippen molar-refractivity contribution in [3.05, 3.63) is 95.3 Å². The van der Waals surface area contributed by atoms with Crippen molar-refractivity contribution < 1.29 is 23.9 Å². The van der Waals surface area contributed by atoms with E-state index in [0.29, 0.717) is 12.2 Å². The molecule has 3 aromatic rings. The number of amides is 4. The number of carbonyl (C=O) groups excluding carboxylic acids is 3. The number of benzene rings is 3. The highest BCUT2D eigenvalue weighted by Crippen LogP contribution is 2.33. The summed E-state index contributed by atoms with van der Waals surface area (Å²) in [4.78, 5) is 46.5. The summed E-state index contributed by atoms with van der Waals surface area (Å²) in [5.74, 6) is -0.810. The fourth-order valence-corrected chi connectivity index (χ4v) is 5.88. The van der Waals surface area contributed by atoms with Crippen LogP contribution in [-0.2, 0) is 29.1 Å². The average Bonchev–Trinajstić information content (AvgIpc) is 2.98.